The molecule has 1 unspecified atom stereocenters. The fourth-order valence-corrected chi connectivity index (χ4v) is 4.70. The van der Waals surface area contributed by atoms with E-state index in [9.17, 15) is 18.8 Å². The molecule has 190 valence electrons. The van der Waals surface area contributed by atoms with E-state index in [1.165, 1.54) is 19.1 Å². The van der Waals surface area contributed by atoms with Crippen LogP contribution in [0.5, 0.6) is 0 Å². The van der Waals surface area contributed by atoms with Crippen molar-refractivity contribution in [2.24, 2.45) is 16.6 Å². The Morgan fingerprint density at radius 2 is 1.68 bits per heavy atom. The van der Waals surface area contributed by atoms with Crippen LogP contribution in [0.3, 0.4) is 0 Å². The average molecular weight is 479 g/mol. The molecule has 0 aromatic heterocycles. The van der Waals surface area contributed by atoms with Crippen molar-refractivity contribution in [1.29, 1.82) is 0 Å². The first kappa shape index (κ1) is 27.8. The van der Waals surface area contributed by atoms with Crippen molar-refractivity contribution in [2.45, 2.75) is 98.6 Å². The molecule has 7 nitrogen and oxygen atoms in total. The molecule has 1 aromatic rings. The molecule has 0 saturated carbocycles. The molecule has 1 heterocycles. The van der Waals surface area contributed by atoms with Gasteiger partial charge in [0.25, 0.3) is 0 Å². The summed E-state index contributed by atoms with van der Waals surface area (Å²) >= 11 is 0. The highest BCUT2D eigenvalue weighted by Gasteiger charge is 2.53. The van der Waals surface area contributed by atoms with Crippen LogP contribution in [0.2, 0.25) is 0 Å². The zero-order valence-corrected chi connectivity index (χ0v) is 21.4. The van der Waals surface area contributed by atoms with Gasteiger partial charge in [0.2, 0.25) is 12.2 Å². The fourth-order valence-electron chi connectivity index (χ4n) is 4.70. The maximum Gasteiger partial charge on any atom is 0.317 e. The lowest BCUT2D eigenvalue weighted by Gasteiger charge is -2.43. The van der Waals surface area contributed by atoms with Gasteiger partial charge < -0.3 is 20.1 Å². The van der Waals surface area contributed by atoms with Gasteiger partial charge in [0.1, 0.15) is 5.82 Å². The normalized spacial score (nSPS) is 20.6. The number of carbonyl (C=O) groups excluding carboxylic acids is 3. The van der Waals surface area contributed by atoms with Gasteiger partial charge in [-0.05, 0) is 71.1 Å². The number of carbonyl (C=O) groups is 3. The molecule has 0 bridgehead atoms. The topological polar surface area (TPSA) is 98.9 Å². The Hall–Kier alpha value is -2.48. The Kier molecular flexibility index (Phi) is 8.86. The number of hydrogen-bond donors (Lipinski definition) is 1. The predicted octanol–water partition coefficient (Wildman–Crippen LogP) is 4.49. The van der Waals surface area contributed by atoms with Crippen LogP contribution in [0.4, 0.5) is 4.39 Å². The van der Waals surface area contributed by atoms with E-state index in [2.05, 4.69) is 0 Å². The number of benzene rings is 1. The molecule has 1 aliphatic heterocycles. The summed E-state index contributed by atoms with van der Waals surface area (Å²) in [7, 11) is 0. The Morgan fingerprint density at radius 1 is 1.09 bits per heavy atom. The van der Waals surface area contributed by atoms with E-state index in [1.54, 1.807) is 44.7 Å². The summed E-state index contributed by atoms with van der Waals surface area (Å²) in [5.74, 6) is -1.70. The molecule has 34 heavy (non-hydrogen) atoms. The molecule has 0 radical (unpaired) electrons. The number of halogens is 1. The predicted molar refractivity (Wildman–Crippen MR) is 127 cm³/mol. The quantitative estimate of drug-likeness (QED) is 0.437. The van der Waals surface area contributed by atoms with E-state index in [1.807, 2.05) is 13.8 Å². The summed E-state index contributed by atoms with van der Waals surface area (Å²) < 4.78 is 24.9. The van der Waals surface area contributed by atoms with E-state index >= 15 is 0 Å². The lowest BCUT2D eigenvalue weighted by Crippen LogP contribution is -2.55. The molecular formula is C26H39FN2O5. The standard InChI is InChI=1S/C26H39FN2O5/c1-8-26(9-2,24(32)34-17(4)33-23(31)25(5,6)7)21-14-13-20(29(21)22(30)16(3)28)18-11-10-12-19(27)15-18/h10-12,15-17,20-21H,8-9,13-14,28H2,1-7H3/t16-,17?,20+,21-/m1/s1. The summed E-state index contributed by atoms with van der Waals surface area (Å²) in [5, 5.41) is 0. The Balaban J connectivity index is 2.40. The van der Waals surface area contributed by atoms with Crippen LogP contribution in [0, 0.1) is 16.6 Å². The van der Waals surface area contributed by atoms with Crippen molar-refractivity contribution in [3.05, 3.63) is 35.6 Å². The number of ether oxygens (including phenoxy) is 2. The highest BCUT2D eigenvalue weighted by molar-refractivity contribution is 5.85. The molecule has 4 atom stereocenters. The van der Waals surface area contributed by atoms with E-state index in [0.29, 0.717) is 31.2 Å². The molecule has 1 aliphatic rings. The maximum absolute atomic E-state index is 14.0. The third-order valence-electron chi connectivity index (χ3n) is 6.73. The number of esters is 2. The number of likely N-dealkylation sites (tertiary alicyclic amines) is 1. The molecule has 2 N–H and O–H groups in total. The highest BCUT2D eigenvalue weighted by atomic mass is 19.1. The minimum atomic E-state index is -1.07. The number of amides is 1. The Morgan fingerprint density at radius 3 is 2.18 bits per heavy atom. The summed E-state index contributed by atoms with van der Waals surface area (Å²) in [4.78, 5) is 40.7. The van der Waals surface area contributed by atoms with Crippen molar-refractivity contribution in [1.82, 2.24) is 4.90 Å². The Bertz CT molecular complexity index is 891. The van der Waals surface area contributed by atoms with Crippen LogP contribution < -0.4 is 5.73 Å². The summed E-state index contributed by atoms with van der Waals surface area (Å²) in [6, 6.07) is 4.48. The van der Waals surface area contributed by atoms with E-state index in [-0.39, 0.29) is 11.7 Å². The molecule has 0 spiro atoms. The van der Waals surface area contributed by atoms with Crippen molar-refractivity contribution in [3.8, 4) is 0 Å². The molecule has 8 heteroatoms. The van der Waals surface area contributed by atoms with Gasteiger partial charge in [-0.25, -0.2) is 4.39 Å². The van der Waals surface area contributed by atoms with Crippen LogP contribution in [0.15, 0.2) is 24.3 Å². The van der Waals surface area contributed by atoms with E-state index in [4.69, 9.17) is 15.2 Å². The van der Waals surface area contributed by atoms with Crippen LogP contribution >= 0.6 is 0 Å². The summed E-state index contributed by atoms with van der Waals surface area (Å²) in [6.07, 6.45) is 0.842. The van der Waals surface area contributed by atoms with Gasteiger partial charge >= 0.3 is 11.9 Å². The zero-order chi connectivity index (χ0) is 25.8. The highest BCUT2D eigenvalue weighted by Crippen LogP contribution is 2.47. The fraction of sp³-hybridized carbons (Fsp3) is 0.654. The molecule has 1 saturated heterocycles. The molecule has 2 rings (SSSR count). The lowest BCUT2D eigenvalue weighted by molar-refractivity contribution is -0.200. The third kappa shape index (κ3) is 5.77. The van der Waals surface area contributed by atoms with Gasteiger partial charge in [-0.2, -0.15) is 0 Å². The minimum Gasteiger partial charge on any atom is -0.425 e. The van der Waals surface area contributed by atoms with Crippen molar-refractivity contribution in [2.75, 3.05) is 0 Å². The minimum absolute atomic E-state index is 0.303. The lowest BCUT2D eigenvalue weighted by atomic mass is 9.74. The molecule has 1 aromatic carbocycles. The number of hydrogen-bond acceptors (Lipinski definition) is 6. The molecule has 1 amide bonds. The van der Waals surface area contributed by atoms with Crippen LogP contribution in [-0.2, 0) is 23.9 Å². The van der Waals surface area contributed by atoms with Gasteiger partial charge in [-0.3, -0.25) is 14.4 Å². The van der Waals surface area contributed by atoms with Gasteiger partial charge in [-0.15, -0.1) is 0 Å². The van der Waals surface area contributed by atoms with Gasteiger partial charge in [0.05, 0.1) is 22.9 Å². The second-order valence-electron chi connectivity index (χ2n) is 10.2. The summed E-state index contributed by atoms with van der Waals surface area (Å²) in [6.45, 7) is 12.0. The molecule has 1 fully saturated rings. The van der Waals surface area contributed by atoms with E-state index in [0.717, 1.165) is 0 Å². The van der Waals surface area contributed by atoms with E-state index < -0.39 is 47.2 Å². The largest absolute Gasteiger partial charge is 0.425 e. The number of nitrogens with two attached hydrogens (primary N) is 1. The average Bonchev–Trinajstić information content (AvgIpc) is 3.19. The first-order valence-corrected chi connectivity index (χ1v) is 12.0. The van der Waals surface area contributed by atoms with Crippen molar-refractivity contribution < 1.29 is 28.2 Å². The van der Waals surface area contributed by atoms with Gasteiger partial charge in [-0.1, -0.05) is 26.0 Å². The number of nitrogens with zero attached hydrogens (tertiary/aromatic N) is 1. The number of rotatable bonds is 8. The second kappa shape index (κ2) is 10.8. The second-order valence-corrected chi connectivity index (χ2v) is 10.2. The SMILES string of the molecule is CCC(CC)(C(=O)OC(C)OC(=O)C(C)(C)C)[C@H]1CC[C@@H](c2cccc(F)c2)N1C(=O)[C@@H](C)N. The zero-order valence-electron chi connectivity index (χ0n) is 21.4. The van der Waals surface area contributed by atoms with Crippen molar-refractivity contribution >= 4 is 17.8 Å². The van der Waals surface area contributed by atoms with Crippen LogP contribution in [0.25, 0.3) is 0 Å². The smallest absolute Gasteiger partial charge is 0.317 e. The monoisotopic (exact) mass is 478 g/mol. The maximum atomic E-state index is 14.0. The van der Waals surface area contributed by atoms with Crippen LogP contribution in [-0.4, -0.2) is 41.1 Å². The molecular weight excluding hydrogens is 439 g/mol. The van der Waals surface area contributed by atoms with Crippen LogP contribution in [0.1, 0.15) is 85.8 Å². The first-order valence-electron chi connectivity index (χ1n) is 12.0. The third-order valence-corrected chi connectivity index (χ3v) is 6.73. The summed E-state index contributed by atoms with van der Waals surface area (Å²) in [5.41, 5.74) is 4.88. The van der Waals surface area contributed by atoms with Gasteiger partial charge in [0, 0.05) is 13.0 Å². The van der Waals surface area contributed by atoms with Crippen molar-refractivity contribution in [3.63, 3.8) is 0 Å². The Labute approximate surface area is 202 Å². The molecule has 0 aliphatic carbocycles. The van der Waals surface area contributed by atoms with Gasteiger partial charge in [0.15, 0.2) is 0 Å². The first-order chi connectivity index (χ1) is 15.8.